The van der Waals surface area contributed by atoms with E-state index in [-0.39, 0.29) is 12.3 Å². The highest BCUT2D eigenvalue weighted by molar-refractivity contribution is 9.10. The minimum atomic E-state index is -0.861. The summed E-state index contributed by atoms with van der Waals surface area (Å²) in [4.78, 5) is 38.0. The Morgan fingerprint density at radius 1 is 1.18 bits per heavy atom. The van der Waals surface area contributed by atoms with Crippen molar-refractivity contribution in [1.82, 2.24) is 0 Å². The molecule has 2 atom stereocenters. The van der Waals surface area contributed by atoms with Crippen molar-refractivity contribution in [1.29, 1.82) is 0 Å². The van der Waals surface area contributed by atoms with Gasteiger partial charge in [0, 0.05) is 17.0 Å². The lowest BCUT2D eigenvalue weighted by molar-refractivity contribution is -0.142. The van der Waals surface area contributed by atoms with Crippen LogP contribution in [0.1, 0.15) is 23.9 Å². The number of methoxy groups -OCH3 is 2. The zero-order valence-electron chi connectivity index (χ0n) is 15.3. The zero-order chi connectivity index (χ0) is 20.3. The normalized spacial score (nSPS) is 19.2. The summed E-state index contributed by atoms with van der Waals surface area (Å²) in [6, 6.07) is 9.66. The molecule has 8 heteroatoms. The molecule has 1 fully saturated rings. The van der Waals surface area contributed by atoms with E-state index in [2.05, 4.69) is 20.7 Å². The molecule has 0 radical (unpaired) electrons. The molecule has 146 valence electrons. The Kier molecular flexibility index (Phi) is 5.99. The number of amides is 1. The molecule has 0 N–H and O–H groups in total. The number of hydrogen-bond acceptors (Lipinski definition) is 6. The Bertz CT molecular complexity index is 934. The number of halogens is 1. The predicted octanol–water partition coefficient (Wildman–Crippen LogP) is 3.29. The SMILES string of the molecule is COC(=O)/C=C/c1ccc([C@H]2CC(=O)N(c3ccccc3Br)[C@@H]2C(=O)OC)o1. The van der Waals surface area contributed by atoms with E-state index in [9.17, 15) is 14.4 Å². The fraction of sp³-hybridized carbons (Fsp3) is 0.250. The van der Waals surface area contributed by atoms with E-state index in [1.165, 1.54) is 31.3 Å². The van der Waals surface area contributed by atoms with Crippen molar-refractivity contribution in [2.75, 3.05) is 19.1 Å². The molecule has 0 unspecified atom stereocenters. The van der Waals surface area contributed by atoms with Crippen LogP contribution in [0.5, 0.6) is 0 Å². The Morgan fingerprint density at radius 2 is 1.93 bits per heavy atom. The first kappa shape index (κ1) is 19.9. The standard InChI is InChI=1S/C20H18BrNO6/c1-26-18(24)10-8-12-7-9-16(28-12)13-11-17(23)22(19(13)20(25)27-2)15-6-4-3-5-14(15)21/h3-10,13,19H,11H2,1-2H3/b10-8+/t13-,19+/m1/s1. The second kappa shape index (κ2) is 8.43. The van der Waals surface area contributed by atoms with E-state index in [1.807, 2.05) is 6.07 Å². The Hall–Kier alpha value is -2.87. The zero-order valence-corrected chi connectivity index (χ0v) is 16.8. The second-order valence-electron chi connectivity index (χ2n) is 6.09. The molecule has 2 heterocycles. The molecule has 0 bridgehead atoms. The number of benzene rings is 1. The molecule has 7 nitrogen and oxygen atoms in total. The van der Waals surface area contributed by atoms with Gasteiger partial charge >= 0.3 is 11.9 Å². The van der Waals surface area contributed by atoms with E-state index < -0.39 is 23.9 Å². The summed E-state index contributed by atoms with van der Waals surface area (Å²) in [5.41, 5.74) is 0.586. The van der Waals surface area contributed by atoms with Crippen LogP contribution in [0.4, 0.5) is 5.69 Å². The number of rotatable bonds is 5. The molecule has 1 amide bonds. The molecule has 1 aromatic heterocycles. The van der Waals surface area contributed by atoms with Gasteiger partial charge in [-0.15, -0.1) is 0 Å². The summed E-state index contributed by atoms with van der Waals surface area (Å²) < 4.78 is 16.0. The van der Waals surface area contributed by atoms with Crippen LogP contribution in [0.25, 0.3) is 6.08 Å². The first-order valence-electron chi connectivity index (χ1n) is 8.46. The minimum absolute atomic E-state index is 0.0920. The fourth-order valence-electron chi connectivity index (χ4n) is 3.19. The lowest BCUT2D eigenvalue weighted by Gasteiger charge is -2.26. The van der Waals surface area contributed by atoms with Gasteiger partial charge in [-0.25, -0.2) is 9.59 Å². The smallest absolute Gasteiger partial charge is 0.330 e. The number of nitrogens with zero attached hydrogens (tertiary/aromatic N) is 1. The van der Waals surface area contributed by atoms with E-state index in [0.717, 1.165) is 0 Å². The monoisotopic (exact) mass is 447 g/mol. The van der Waals surface area contributed by atoms with E-state index in [0.29, 0.717) is 21.7 Å². The van der Waals surface area contributed by atoms with Gasteiger partial charge < -0.3 is 13.9 Å². The Balaban J connectivity index is 1.95. The molecule has 3 rings (SSSR count). The number of hydrogen-bond donors (Lipinski definition) is 0. The van der Waals surface area contributed by atoms with Crippen molar-refractivity contribution in [2.24, 2.45) is 0 Å². The Labute approximate surface area is 170 Å². The molecule has 0 aliphatic carbocycles. The van der Waals surface area contributed by atoms with Crippen molar-refractivity contribution >= 4 is 45.5 Å². The van der Waals surface area contributed by atoms with Gasteiger partial charge in [-0.3, -0.25) is 9.69 Å². The molecule has 0 saturated carbocycles. The highest BCUT2D eigenvalue weighted by Gasteiger charge is 2.48. The number of esters is 2. The van der Waals surface area contributed by atoms with Gasteiger partial charge in [0.05, 0.1) is 25.8 Å². The predicted molar refractivity (Wildman–Crippen MR) is 105 cm³/mol. The number of carbonyl (C=O) groups excluding carboxylic acids is 3. The second-order valence-corrected chi connectivity index (χ2v) is 6.94. The molecule has 1 aromatic carbocycles. The summed E-state index contributed by atoms with van der Waals surface area (Å²) in [6.07, 6.45) is 2.78. The van der Waals surface area contributed by atoms with Gasteiger partial charge in [0.15, 0.2) is 0 Å². The van der Waals surface area contributed by atoms with Gasteiger partial charge in [0.25, 0.3) is 0 Å². The maximum atomic E-state index is 12.8. The van der Waals surface area contributed by atoms with Gasteiger partial charge in [-0.05, 0) is 46.3 Å². The van der Waals surface area contributed by atoms with Crippen LogP contribution in [-0.4, -0.2) is 38.1 Å². The largest absolute Gasteiger partial charge is 0.467 e. The van der Waals surface area contributed by atoms with E-state index >= 15 is 0 Å². The maximum Gasteiger partial charge on any atom is 0.330 e. The summed E-state index contributed by atoms with van der Waals surface area (Å²) in [5.74, 6) is -0.905. The third kappa shape index (κ3) is 3.87. The molecule has 0 spiro atoms. The van der Waals surface area contributed by atoms with Gasteiger partial charge in [0.1, 0.15) is 17.6 Å². The number of carbonyl (C=O) groups is 3. The highest BCUT2D eigenvalue weighted by atomic mass is 79.9. The molecule has 28 heavy (non-hydrogen) atoms. The topological polar surface area (TPSA) is 86.1 Å². The van der Waals surface area contributed by atoms with Crippen LogP contribution in [0, 0.1) is 0 Å². The summed E-state index contributed by atoms with van der Waals surface area (Å²) in [6.45, 7) is 0. The van der Waals surface area contributed by atoms with E-state index in [4.69, 9.17) is 9.15 Å². The molecule has 1 saturated heterocycles. The average molecular weight is 448 g/mol. The van der Waals surface area contributed by atoms with Gasteiger partial charge in [-0.1, -0.05) is 12.1 Å². The minimum Gasteiger partial charge on any atom is -0.467 e. The number of para-hydroxylation sites is 1. The maximum absolute atomic E-state index is 12.8. The number of furan rings is 1. The third-order valence-electron chi connectivity index (χ3n) is 4.48. The summed E-state index contributed by atoms with van der Waals surface area (Å²) in [7, 11) is 2.56. The fourth-order valence-corrected chi connectivity index (χ4v) is 3.66. The number of anilines is 1. The van der Waals surface area contributed by atoms with Crippen LogP contribution < -0.4 is 4.90 Å². The quantitative estimate of drug-likeness (QED) is 0.516. The van der Waals surface area contributed by atoms with Crippen molar-refractivity contribution in [3.8, 4) is 0 Å². The molecular formula is C20H18BrNO6. The summed E-state index contributed by atoms with van der Waals surface area (Å²) in [5, 5.41) is 0. The third-order valence-corrected chi connectivity index (χ3v) is 5.15. The van der Waals surface area contributed by atoms with Gasteiger partial charge in [-0.2, -0.15) is 0 Å². The van der Waals surface area contributed by atoms with E-state index in [1.54, 1.807) is 30.3 Å². The van der Waals surface area contributed by atoms with Crippen molar-refractivity contribution in [2.45, 2.75) is 18.4 Å². The number of ether oxygens (including phenoxy) is 2. The molecule has 1 aliphatic rings. The van der Waals surface area contributed by atoms with Crippen molar-refractivity contribution in [3.63, 3.8) is 0 Å². The van der Waals surface area contributed by atoms with Gasteiger partial charge in [0.2, 0.25) is 5.91 Å². The van der Waals surface area contributed by atoms with Crippen LogP contribution in [0.2, 0.25) is 0 Å². The van der Waals surface area contributed by atoms with Crippen molar-refractivity contribution in [3.05, 3.63) is 58.5 Å². The molecular weight excluding hydrogens is 430 g/mol. The first-order valence-corrected chi connectivity index (χ1v) is 9.25. The van der Waals surface area contributed by atoms with Crippen molar-refractivity contribution < 1.29 is 28.3 Å². The average Bonchev–Trinajstić information content (AvgIpc) is 3.30. The lowest BCUT2D eigenvalue weighted by atomic mass is 9.97. The lowest BCUT2D eigenvalue weighted by Crippen LogP contribution is -2.41. The highest BCUT2D eigenvalue weighted by Crippen LogP contribution is 2.41. The first-order chi connectivity index (χ1) is 13.5. The van der Waals surface area contributed by atoms with Crippen LogP contribution in [0.15, 0.2) is 51.4 Å². The summed E-state index contributed by atoms with van der Waals surface area (Å²) >= 11 is 3.43. The molecule has 1 aliphatic heterocycles. The molecule has 2 aromatic rings. The van der Waals surface area contributed by atoms with Crippen LogP contribution in [0.3, 0.4) is 0 Å². The van der Waals surface area contributed by atoms with Crippen LogP contribution >= 0.6 is 15.9 Å². The van der Waals surface area contributed by atoms with Crippen LogP contribution in [-0.2, 0) is 23.9 Å². The Morgan fingerprint density at radius 3 is 2.61 bits per heavy atom.